The molecule has 0 aromatic rings. The summed E-state index contributed by atoms with van der Waals surface area (Å²) < 4.78 is 0. The van der Waals surface area contributed by atoms with E-state index in [0.29, 0.717) is 5.41 Å². The van der Waals surface area contributed by atoms with E-state index in [1.54, 1.807) is 0 Å². The van der Waals surface area contributed by atoms with Crippen LogP contribution in [-0.2, 0) is 0 Å². The van der Waals surface area contributed by atoms with E-state index >= 15 is 0 Å². The Morgan fingerprint density at radius 2 is 1.75 bits per heavy atom. The van der Waals surface area contributed by atoms with E-state index in [0.717, 1.165) is 18.4 Å². The van der Waals surface area contributed by atoms with Gasteiger partial charge in [-0.3, -0.25) is 0 Å². The van der Waals surface area contributed by atoms with Gasteiger partial charge in [-0.15, -0.1) is 0 Å². The first-order valence-electron chi connectivity index (χ1n) is 8.90. The van der Waals surface area contributed by atoms with Crippen LogP contribution in [0.2, 0.25) is 0 Å². The van der Waals surface area contributed by atoms with Crippen LogP contribution >= 0.6 is 0 Å². The van der Waals surface area contributed by atoms with Crippen molar-refractivity contribution >= 4 is 0 Å². The molecular formula is C18H38N2. The summed E-state index contributed by atoms with van der Waals surface area (Å²) in [5.74, 6) is 1.72. The highest BCUT2D eigenvalue weighted by atomic mass is 15.1. The average molecular weight is 283 g/mol. The molecule has 0 aliphatic heterocycles. The molecule has 1 aliphatic carbocycles. The van der Waals surface area contributed by atoms with E-state index in [-0.39, 0.29) is 0 Å². The zero-order valence-corrected chi connectivity index (χ0v) is 14.7. The largest absolute Gasteiger partial charge is 0.316 e. The molecule has 1 aliphatic rings. The molecule has 120 valence electrons. The zero-order chi connectivity index (χ0) is 15.0. The number of hydrogen-bond acceptors (Lipinski definition) is 2. The zero-order valence-electron chi connectivity index (χ0n) is 14.7. The van der Waals surface area contributed by atoms with Crippen molar-refractivity contribution in [2.75, 3.05) is 33.2 Å². The lowest BCUT2D eigenvalue weighted by atomic mass is 9.81. The van der Waals surface area contributed by atoms with Crippen LogP contribution < -0.4 is 5.32 Å². The molecule has 0 aromatic carbocycles. The van der Waals surface area contributed by atoms with Gasteiger partial charge in [-0.1, -0.05) is 40.5 Å². The van der Waals surface area contributed by atoms with Crippen molar-refractivity contribution in [2.24, 2.45) is 17.3 Å². The molecule has 0 heterocycles. The fourth-order valence-electron chi connectivity index (χ4n) is 3.68. The first-order chi connectivity index (χ1) is 9.51. The van der Waals surface area contributed by atoms with Gasteiger partial charge in [0, 0.05) is 19.6 Å². The lowest BCUT2D eigenvalue weighted by molar-refractivity contribution is 0.140. The fraction of sp³-hybridized carbons (Fsp3) is 1.00. The Balaban J connectivity index is 2.42. The first-order valence-corrected chi connectivity index (χ1v) is 8.90. The van der Waals surface area contributed by atoms with E-state index in [1.165, 1.54) is 58.2 Å². The van der Waals surface area contributed by atoms with Crippen LogP contribution in [0.5, 0.6) is 0 Å². The van der Waals surface area contributed by atoms with Crippen molar-refractivity contribution < 1.29 is 0 Å². The number of nitrogens with zero attached hydrogens (tertiary/aromatic N) is 1. The van der Waals surface area contributed by atoms with Crippen molar-refractivity contribution in [1.82, 2.24) is 10.2 Å². The molecule has 0 saturated heterocycles. The summed E-state index contributed by atoms with van der Waals surface area (Å²) in [5.41, 5.74) is 0.461. The summed E-state index contributed by atoms with van der Waals surface area (Å²) in [4.78, 5) is 2.61. The van der Waals surface area contributed by atoms with E-state index < -0.39 is 0 Å². The van der Waals surface area contributed by atoms with Gasteiger partial charge < -0.3 is 10.2 Å². The number of nitrogens with one attached hydrogen (secondary N) is 1. The van der Waals surface area contributed by atoms with E-state index in [9.17, 15) is 0 Å². The highest BCUT2D eigenvalue weighted by Gasteiger charge is 2.28. The van der Waals surface area contributed by atoms with Gasteiger partial charge >= 0.3 is 0 Å². The topological polar surface area (TPSA) is 15.3 Å². The van der Waals surface area contributed by atoms with Gasteiger partial charge in [0.25, 0.3) is 0 Å². The van der Waals surface area contributed by atoms with Crippen LogP contribution in [0.25, 0.3) is 0 Å². The third-order valence-electron chi connectivity index (χ3n) is 5.20. The van der Waals surface area contributed by atoms with E-state index in [4.69, 9.17) is 0 Å². The lowest BCUT2D eigenvalue weighted by Gasteiger charge is -2.37. The third-order valence-corrected chi connectivity index (χ3v) is 5.20. The van der Waals surface area contributed by atoms with Crippen molar-refractivity contribution in [3.05, 3.63) is 0 Å². The molecule has 0 aromatic heterocycles. The van der Waals surface area contributed by atoms with Crippen LogP contribution in [-0.4, -0.2) is 38.1 Å². The molecule has 0 amide bonds. The minimum atomic E-state index is 0.461. The van der Waals surface area contributed by atoms with Gasteiger partial charge in [0.15, 0.2) is 0 Å². The Morgan fingerprint density at radius 1 is 1.15 bits per heavy atom. The molecule has 0 bridgehead atoms. The molecule has 1 N–H and O–H groups in total. The second kappa shape index (κ2) is 9.04. The summed E-state index contributed by atoms with van der Waals surface area (Å²) in [6.07, 6.45) is 8.40. The van der Waals surface area contributed by atoms with Gasteiger partial charge in [0.2, 0.25) is 0 Å². The van der Waals surface area contributed by atoms with Crippen molar-refractivity contribution in [3.63, 3.8) is 0 Å². The Labute approximate surface area is 127 Å². The van der Waals surface area contributed by atoms with Gasteiger partial charge in [-0.05, 0) is 56.5 Å². The molecule has 0 unspecified atom stereocenters. The highest BCUT2D eigenvalue weighted by Crippen LogP contribution is 2.29. The van der Waals surface area contributed by atoms with E-state index in [2.05, 4.69) is 45.0 Å². The summed E-state index contributed by atoms with van der Waals surface area (Å²) in [6.45, 7) is 14.2. The maximum absolute atomic E-state index is 3.70. The second-order valence-corrected chi connectivity index (χ2v) is 7.58. The lowest BCUT2D eigenvalue weighted by Crippen LogP contribution is -2.44. The monoisotopic (exact) mass is 282 g/mol. The van der Waals surface area contributed by atoms with E-state index in [1.807, 2.05) is 0 Å². The summed E-state index contributed by atoms with van der Waals surface area (Å²) in [5, 5.41) is 3.70. The van der Waals surface area contributed by atoms with Gasteiger partial charge in [0.05, 0.1) is 0 Å². The molecule has 2 heteroatoms. The predicted octanol–water partition coefficient (Wildman–Crippen LogP) is 4.16. The Kier molecular flexibility index (Phi) is 8.13. The number of hydrogen-bond donors (Lipinski definition) is 1. The quantitative estimate of drug-likeness (QED) is 0.647. The Bertz CT molecular complexity index is 240. The molecule has 1 rings (SSSR count). The van der Waals surface area contributed by atoms with Crippen molar-refractivity contribution in [3.8, 4) is 0 Å². The van der Waals surface area contributed by atoms with Crippen LogP contribution in [0.1, 0.15) is 66.2 Å². The first kappa shape index (κ1) is 18.0. The van der Waals surface area contributed by atoms with Crippen LogP contribution in [0.3, 0.4) is 0 Å². The summed E-state index contributed by atoms with van der Waals surface area (Å²) >= 11 is 0. The van der Waals surface area contributed by atoms with Gasteiger partial charge in [-0.2, -0.15) is 0 Å². The molecule has 1 fully saturated rings. The molecule has 20 heavy (non-hydrogen) atoms. The predicted molar refractivity (Wildman–Crippen MR) is 90.2 cm³/mol. The Morgan fingerprint density at radius 3 is 2.25 bits per heavy atom. The standard InChI is InChI=1S/C18H38N2/c1-6-18(7-2,14-19-12-16(3)4)15-20(5)13-17-10-8-9-11-17/h16-17,19H,6-15H2,1-5H3. The normalized spacial score (nSPS) is 17.6. The second-order valence-electron chi connectivity index (χ2n) is 7.58. The SMILES string of the molecule is CCC(CC)(CNCC(C)C)CN(C)CC1CCCC1. The number of rotatable bonds is 10. The minimum Gasteiger partial charge on any atom is -0.316 e. The van der Waals surface area contributed by atoms with Gasteiger partial charge in [-0.25, -0.2) is 0 Å². The molecule has 0 spiro atoms. The molecule has 1 saturated carbocycles. The Hall–Kier alpha value is -0.0800. The molecule has 0 atom stereocenters. The van der Waals surface area contributed by atoms with Gasteiger partial charge in [0.1, 0.15) is 0 Å². The fourth-order valence-corrected chi connectivity index (χ4v) is 3.68. The smallest absolute Gasteiger partial charge is 0.00470 e. The van der Waals surface area contributed by atoms with Crippen molar-refractivity contribution in [1.29, 1.82) is 0 Å². The summed E-state index contributed by atoms with van der Waals surface area (Å²) in [7, 11) is 2.33. The maximum Gasteiger partial charge on any atom is 0.00470 e. The molecule has 0 radical (unpaired) electrons. The minimum absolute atomic E-state index is 0.461. The highest BCUT2D eigenvalue weighted by molar-refractivity contribution is 4.83. The molecule has 2 nitrogen and oxygen atoms in total. The van der Waals surface area contributed by atoms with Crippen LogP contribution in [0, 0.1) is 17.3 Å². The third kappa shape index (κ3) is 6.13. The summed E-state index contributed by atoms with van der Waals surface area (Å²) in [6, 6.07) is 0. The van der Waals surface area contributed by atoms with Crippen LogP contribution in [0.4, 0.5) is 0 Å². The molecular weight excluding hydrogens is 244 g/mol. The van der Waals surface area contributed by atoms with Crippen LogP contribution in [0.15, 0.2) is 0 Å². The van der Waals surface area contributed by atoms with Crippen molar-refractivity contribution in [2.45, 2.75) is 66.2 Å². The maximum atomic E-state index is 3.70. The average Bonchev–Trinajstić information content (AvgIpc) is 2.89.